The van der Waals surface area contributed by atoms with Gasteiger partial charge in [-0.1, -0.05) is 45.1 Å². The highest BCUT2D eigenvalue weighted by atomic mass is 16.5. The van der Waals surface area contributed by atoms with E-state index in [9.17, 15) is 9.90 Å². The average molecular weight is 279 g/mol. The van der Waals surface area contributed by atoms with E-state index in [1.54, 1.807) is 18.2 Å². The van der Waals surface area contributed by atoms with Crippen molar-refractivity contribution in [1.29, 1.82) is 0 Å². The molecule has 0 saturated carbocycles. The molecule has 0 unspecified atom stereocenters. The SMILES string of the molecule is CCCCCCCCNC(=O)c1cccc(OC)c1O. The summed E-state index contributed by atoms with van der Waals surface area (Å²) in [5, 5.41) is 12.7. The van der Waals surface area contributed by atoms with Crippen LogP contribution in [0.2, 0.25) is 0 Å². The summed E-state index contributed by atoms with van der Waals surface area (Å²) in [7, 11) is 1.47. The number of hydrogen-bond acceptors (Lipinski definition) is 3. The predicted molar refractivity (Wildman–Crippen MR) is 80.4 cm³/mol. The first-order valence-corrected chi connectivity index (χ1v) is 7.34. The van der Waals surface area contributed by atoms with Gasteiger partial charge in [-0.15, -0.1) is 0 Å². The average Bonchev–Trinajstić information content (AvgIpc) is 2.46. The van der Waals surface area contributed by atoms with E-state index in [0.717, 1.165) is 12.8 Å². The smallest absolute Gasteiger partial charge is 0.255 e. The Morgan fingerprint density at radius 3 is 2.60 bits per heavy atom. The lowest BCUT2D eigenvalue weighted by Gasteiger charge is -2.09. The molecule has 0 aliphatic heterocycles. The highest BCUT2D eigenvalue weighted by Crippen LogP contribution is 2.29. The lowest BCUT2D eigenvalue weighted by atomic mass is 10.1. The Kier molecular flexibility index (Phi) is 7.55. The van der Waals surface area contributed by atoms with Gasteiger partial charge in [-0.3, -0.25) is 4.79 Å². The van der Waals surface area contributed by atoms with Gasteiger partial charge in [0.05, 0.1) is 12.7 Å². The molecule has 20 heavy (non-hydrogen) atoms. The highest BCUT2D eigenvalue weighted by Gasteiger charge is 2.13. The lowest BCUT2D eigenvalue weighted by molar-refractivity contribution is 0.0949. The van der Waals surface area contributed by atoms with Crippen molar-refractivity contribution in [3.05, 3.63) is 23.8 Å². The van der Waals surface area contributed by atoms with E-state index in [0.29, 0.717) is 12.3 Å². The molecule has 0 saturated heterocycles. The van der Waals surface area contributed by atoms with Crippen LogP contribution in [0.5, 0.6) is 11.5 Å². The van der Waals surface area contributed by atoms with Crippen molar-refractivity contribution in [2.75, 3.05) is 13.7 Å². The van der Waals surface area contributed by atoms with Crippen LogP contribution in [0.15, 0.2) is 18.2 Å². The summed E-state index contributed by atoms with van der Waals surface area (Å²) in [4.78, 5) is 11.9. The maximum absolute atomic E-state index is 11.9. The first-order chi connectivity index (χ1) is 9.70. The van der Waals surface area contributed by atoms with Gasteiger partial charge in [-0.2, -0.15) is 0 Å². The van der Waals surface area contributed by atoms with Gasteiger partial charge in [0.25, 0.3) is 5.91 Å². The van der Waals surface area contributed by atoms with Crippen molar-refractivity contribution in [2.45, 2.75) is 45.4 Å². The molecule has 1 aromatic carbocycles. The van der Waals surface area contributed by atoms with Crippen molar-refractivity contribution >= 4 is 5.91 Å². The summed E-state index contributed by atoms with van der Waals surface area (Å²) < 4.78 is 4.99. The van der Waals surface area contributed by atoms with Crippen molar-refractivity contribution in [3.63, 3.8) is 0 Å². The molecule has 0 spiro atoms. The number of phenolic OH excluding ortho intramolecular Hbond substituents is 1. The second kappa shape index (κ2) is 9.23. The second-order valence-electron chi connectivity index (χ2n) is 4.88. The summed E-state index contributed by atoms with van der Waals surface area (Å²) in [6.07, 6.45) is 7.11. The van der Waals surface area contributed by atoms with Crippen molar-refractivity contribution in [1.82, 2.24) is 5.32 Å². The first kappa shape index (κ1) is 16.3. The van der Waals surface area contributed by atoms with E-state index in [-0.39, 0.29) is 17.2 Å². The molecule has 4 nitrogen and oxygen atoms in total. The van der Waals surface area contributed by atoms with Crippen LogP contribution in [0.25, 0.3) is 0 Å². The summed E-state index contributed by atoms with van der Waals surface area (Å²) in [5.41, 5.74) is 0.260. The molecular weight excluding hydrogens is 254 g/mol. The number of rotatable bonds is 9. The fourth-order valence-corrected chi connectivity index (χ4v) is 2.07. The molecular formula is C16H25NO3. The number of nitrogens with one attached hydrogen (secondary N) is 1. The Labute approximate surface area is 121 Å². The minimum Gasteiger partial charge on any atom is -0.504 e. The number of methoxy groups -OCH3 is 1. The molecule has 0 aliphatic carbocycles. The van der Waals surface area contributed by atoms with Crippen molar-refractivity contribution in [2.24, 2.45) is 0 Å². The molecule has 0 aromatic heterocycles. The van der Waals surface area contributed by atoms with Gasteiger partial charge in [-0.05, 0) is 18.6 Å². The number of carbonyl (C=O) groups excluding carboxylic acids is 1. The number of hydrogen-bond donors (Lipinski definition) is 2. The Balaban J connectivity index is 2.33. The Morgan fingerprint density at radius 1 is 1.20 bits per heavy atom. The molecule has 1 amide bonds. The van der Waals surface area contributed by atoms with Crippen LogP contribution in [0.1, 0.15) is 55.8 Å². The number of amides is 1. The molecule has 0 radical (unpaired) electrons. The largest absolute Gasteiger partial charge is 0.504 e. The molecule has 1 rings (SSSR count). The number of carbonyl (C=O) groups is 1. The van der Waals surface area contributed by atoms with Gasteiger partial charge in [0.15, 0.2) is 11.5 Å². The fourth-order valence-electron chi connectivity index (χ4n) is 2.07. The van der Waals surface area contributed by atoms with Crippen LogP contribution in [-0.4, -0.2) is 24.7 Å². The fraction of sp³-hybridized carbons (Fsp3) is 0.562. The van der Waals surface area contributed by atoms with E-state index in [1.807, 2.05) is 0 Å². The number of aromatic hydroxyl groups is 1. The van der Waals surface area contributed by atoms with Crippen LogP contribution in [0.4, 0.5) is 0 Å². The van der Waals surface area contributed by atoms with E-state index < -0.39 is 0 Å². The van der Waals surface area contributed by atoms with Gasteiger partial charge < -0.3 is 15.2 Å². The maximum atomic E-state index is 11.9. The van der Waals surface area contributed by atoms with Crippen LogP contribution < -0.4 is 10.1 Å². The van der Waals surface area contributed by atoms with Crippen molar-refractivity contribution < 1.29 is 14.6 Å². The third kappa shape index (κ3) is 5.11. The second-order valence-corrected chi connectivity index (χ2v) is 4.88. The molecule has 0 heterocycles. The van der Waals surface area contributed by atoms with E-state index >= 15 is 0 Å². The van der Waals surface area contributed by atoms with Gasteiger partial charge in [-0.25, -0.2) is 0 Å². The van der Waals surface area contributed by atoms with Crippen LogP contribution in [0, 0.1) is 0 Å². The maximum Gasteiger partial charge on any atom is 0.255 e. The topological polar surface area (TPSA) is 58.6 Å². The highest BCUT2D eigenvalue weighted by molar-refractivity contribution is 5.97. The number of benzene rings is 1. The predicted octanol–water partition coefficient (Wildman–Crippen LogP) is 3.49. The third-order valence-electron chi connectivity index (χ3n) is 3.28. The van der Waals surface area contributed by atoms with Gasteiger partial charge in [0.2, 0.25) is 0 Å². The van der Waals surface area contributed by atoms with E-state index in [2.05, 4.69) is 12.2 Å². The minimum atomic E-state index is -0.255. The number of ether oxygens (including phenoxy) is 1. The first-order valence-electron chi connectivity index (χ1n) is 7.34. The Bertz CT molecular complexity index is 418. The van der Waals surface area contributed by atoms with Crippen LogP contribution in [0.3, 0.4) is 0 Å². The zero-order chi connectivity index (χ0) is 14.8. The van der Waals surface area contributed by atoms with Gasteiger partial charge >= 0.3 is 0 Å². The molecule has 4 heteroatoms. The molecule has 112 valence electrons. The lowest BCUT2D eigenvalue weighted by Crippen LogP contribution is -2.24. The Morgan fingerprint density at radius 2 is 1.90 bits per heavy atom. The number of para-hydroxylation sites is 1. The number of phenols is 1. The standard InChI is InChI=1S/C16H25NO3/c1-3-4-5-6-7-8-12-17-16(19)13-10-9-11-14(20-2)15(13)18/h9-11,18H,3-8,12H2,1-2H3,(H,17,19). The number of unbranched alkanes of at least 4 members (excludes halogenated alkanes) is 5. The van der Waals surface area contributed by atoms with Crippen molar-refractivity contribution in [3.8, 4) is 11.5 Å². The summed E-state index contributed by atoms with van der Waals surface area (Å²) in [6.45, 7) is 2.84. The minimum absolute atomic E-state index is 0.101. The normalized spacial score (nSPS) is 10.3. The summed E-state index contributed by atoms with van der Waals surface area (Å²) in [6, 6.07) is 4.91. The summed E-state index contributed by atoms with van der Waals surface area (Å²) >= 11 is 0. The summed E-state index contributed by atoms with van der Waals surface area (Å²) in [5.74, 6) is -0.0392. The van der Waals surface area contributed by atoms with Crippen LogP contribution in [-0.2, 0) is 0 Å². The molecule has 2 N–H and O–H groups in total. The zero-order valence-electron chi connectivity index (χ0n) is 12.4. The Hall–Kier alpha value is -1.71. The van der Waals surface area contributed by atoms with E-state index in [4.69, 9.17) is 4.74 Å². The molecule has 0 bridgehead atoms. The zero-order valence-corrected chi connectivity index (χ0v) is 12.4. The quantitative estimate of drug-likeness (QED) is 0.680. The molecule has 0 atom stereocenters. The molecule has 0 aliphatic rings. The van der Waals surface area contributed by atoms with Gasteiger partial charge in [0, 0.05) is 6.54 Å². The monoisotopic (exact) mass is 279 g/mol. The molecule has 0 fully saturated rings. The third-order valence-corrected chi connectivity index (χ3v) is 3.28. The van der Waals surface area contributed by atoms with Crippen LogP contribution >= 0.6 is 0 Å². The van der Waals surface area contributed by atoms with E-state index in [1.165, 1.54) is 32.8 Å². The molecule has 1 aromatic rings. The van der Waals surface area contributed by atoms with Gasteiger partial charge in [0.1, 0.15) is 0 Å².